The predicted molar refractivity (Wildman–Crippen MR) is 130 cm³/mol. The molecule has 0 radical (unpaired) electrons. The van der Waals surface area contributed by atoms with Gasteiger partial charge in [0.25, 0.3) is 0 Å². The molecule has 2 aliphatic heterocycles. The van der Waals surface area contributed by atoms with Crippen molar-refractivity contribution in [3.05, 3.63) is 53.5 Å². The number of methoxy groups -OCH3 is 1. The Bertz CT molecular complexity index is 1250. The van der Waals surface area contributed by atoms with Gasteiger partial charge in [-0.05, 0) is 61.8 Å². The fourth-order valence-electron chi connectivity index (χ4n) is 6.98. The molecule has 3 aliphatic carbocycles. The van der Waals surface area contributed by atoms with Crippen molar-refractivity contribution in [2.75, 3.05) is 20.7 Å². The van der Waals surface area contributed by atoms with E-state index in [0.29, 0.717) is 24.5 Å². The molecule has 36 heavy (non-hydrogen) atoms. The van der Waals surface area contributed by atoms with Gasteiger partial charge in [0, 0.05) is 30.8 Å². The SMILES string of the molecule is COc1ccc2c3c1O[C@@H]1C3[C@]3(CC[C@H]1N(C)C(=O)/C=C/c1ccoc1)OC(=O)N(CC1CC1)[C@@H]3C2. The molecule has 0 bridgehead atoms. The van der Waals surface area contributed by atoms with E-state index < -0.39 is 5.60 Å². The standard InChI is InChI=1S/C28H30N2O6/c1-29(22(31)8-5-17-10-12-34-15-17)19-9-11-28-21(30(27(32)36-28)14-16-3-4-16)13-18-6-7-20(33-2)26-23(18)24(28)25(19)35-26/h5-8,10,12,15-16,19,21,24-25H,3-4,9,11,13-14H2,1-2H3/b8-5+/t19-,21-,24?,25+,28-/m1/s1. The van der Waals surface area contributed by atoms with Gasteiger partial charge in [0.15, 0.2) is 11.5 Å². The molecule has 1 unspecified atom stereocenters. The van der Waals surface area contributed by atoms with Gasteiger partial charge in [-0.25, -0.2) is 4.79 Å². The van der Waals surface area contributed by atoms with Crippen molar-refractivity contribution in [1.29, 1.82) is 0 Å². The molecule has 1 aromatic carbocycles. The molecule has 1 spiro atoms. The Morgan fingerprint density at radius 1 is 1.28 bits per heavy atom. The van der Waals surface area contributed by atoms with E-state index in [1.807, 2.05) is 24.1 Å². The second-order valence-electron chi connectivity index (χ2n) is 10.8. The number of carbonyl (C=O) groups excluding carboxylic acids is 2. The zero-order valence-electron chi connectivity index (χ0n) is 20.5. The minimum Gasteiger partial charge on any atom is -0.493 e. The van der Waals surface area contributed by atoms with Gasteiger partial charge in [-0.1, -0.05) is 6.07 Å². The minimum absolute atomic E-state index is 0.0171. The molecular formula is C28H30N2O6. The topological polar surface area (TPSA) is 81.5 Å². The fraction of sp³-hybridized carbons (Fsp3) is 0.500. The molecule has 0 N–H and O–H groups in total. The van der Waals surface area contributed by atoms with Gasteiger partial charge in [0.2, 0.25) is 5.91 Å². The third kappa shape index (κ3) is 3.06. The van der Waals surface area contributed by atoms with E-state index in [9.17, 15) is 9.59 Å². The van der Waals surface area contributed by atoms with Gasteiger partial charge in [0.1, 0.15) is 11.7 Å². The van der Waals surface area contributed by atoms with E-state index in [0.717, 1.165) is 29.8 Å². The number of hydrogen-bond donors (Lipinski definition) is 0. The van der Waals surface area contributed by atoms with Crippen molar-refractivity contribution in [2.24, 2.45) is 5.92 Å². The summed E-state index contributed by atoms with van der Waals surface area (Å²) < 4.78 is 23.8. The maximum Gasteiger partial charge on any atom is 0.410 e. The third-order valence-corrected chi connectivity index (χ3v) is 8.92. The lowest BCUT2D eigenvalue weighted by molar-refractivity contribution is -0.134. The van der Waals surface area contributed by atoms with Crippen LogP contribution in [-0.2, 0) is 16.0 Å². The summed E-state index contributed by atoms with van der Waals surface area (Å²) in [6.07, 6.45) is 10.5. The molecule has 5 atom stereocenters. The van der Waals surface area contributed by atoms with Crippen molar-refractivity contribution in [3.63, 3.8) is 0 Å². The maximum atomic E-state index is 13.2. The van der Waals surface area contributed by atoms with E-state index in [1.54, 1.807) is 36.7 Å². The van der Waals surface area contributed by atoms with E-state index in [2.05, 4.69) is 6.07 Å². The predicted octanol–water partition coefficient (Wildman–Crippen LogP) is 3.99. The van der Waals surface area contributed by atoms with E-state index in [4.69, 9.17) is 18.6 Å². The van der Waals surface area contributed by atoms with Crippen molar-refractivity contribution in [3.8, 4) is 11.5 Å². The van der Waals surface area contributed by atoms with E-state index >= 15 is 0 Å². The van der Waals surface area contributed by atoms with E-state index in [-0.39, 0.29) is 36.1 Å². The van der Waals surface area contributed by atoms with Gasteiger partial charge in [-0.15, -0.1) is 0 Å². The second kappa shape index (κ2) is 7.79. The number of carbonyl (C=O) groups is 2. The number of ether oxygens (including phenoxy) is 3. The van der Waals surface area contributed by atoms with Crippen LogP contribution in [0.25, 0.3) is 6.08 Å². The molecule has 3 fully saturated rings. The monoisotopic (exact) mass is 490 g/mol. The molecule has 2 aromatic rings. The van der Waals surface area contributed by atoms with Crippen LogP contribution in [0.5, 0.6) is 11.5 Å². The van der Waals surface area contributed by atoms with Crippen LogP contribution in [0.15, 0.2) is 41.2 Å². The summed E-state index contributed by atoms with van der Waals surface area (Å²) in [7, 11) is 3.47. The smallest absolute Gasteiger partial charge is 0.410 e. The lowest BCUT2D eigenvalue weighted by atomic mass is 9.61. The highest BCUT2D eigenvalue weighted by atomic mass is 16.6. The number of furan rings is 1. The van der Waals surface area contributed by atoms with Crippen LogP contribution >= 0.6 is 0 Å². The summed E-state index contributed by atoms with van der Waals surface area (Å²) in [5.74, 6) is 1.76. The molecule has 7 rings (SSSR count). The highest BCUT2D eigenvalue weighted by Gasteiger charge is 2.69. The van der Waals surface area contributed by atoms with Crippen molar-refractivity contribution < 1.29 is 28.2 Å². The van der Waals surface area contributed by atoms with Crippen LogP contribution in [0.4, 0.5) is 4.79 Å². The molecule has 1 saturated heterocycles. The molecular weight excluding hydrogens is 460 g/mol. The summed E-state index contributed by atoms with van der Waals surface area (Å²) in [4.78, 5) is 30.2. The summed E-state index contributed by atoms with van der Waals surface area (Å²) in [6.45, 7) is 0.766. The van der Waals surface area contributed by atoms with Gasteiger partial charge in [0.05, 0.1) is 37.6 Å². The Kier molecular flexibility index (Phi) is 4.72. The first-order valence-corrected chi connectivity index (χ1v) is 12.8. The quantitative estimate of drug-likeness (QED) is 0.570. The number of rotatable bonds is 6. The van der Waals surface area contributed by atoms with Gasteiger partial charge < -0.3 is 28.4 Å². The first kappa shape index (κ1) is 21.8. The average Bonchev–Trinajstić information content (AvgIpc) is 3.26. The molecule has 188 valence electrons. The molecule has 8 heteroatoms. The van der Waals surface area contributed by atoms with Gasteiger partial charge in [-0.3, -0.25) is 4.79 Å². The van der Waals surface area contributed by atoms with Crippen molar-refractivity contribution in [1.82, 2.24) is 9.80 Å². The summed E-state index contributed by atoms with van der Waals surface area (Å²) in [5, 5.41) is 0. The largest absolute Gasteiger partial charge is 0.493 e. The molecule has 5 aliphatic rings. The second-order valence-corrected chi connectivity index (χ2v) is 10.8. The van der Waals surface area contributed by atoms with Gasteiger partial charge in [-0.2, -0.15) is 0 Å². The zero-order valence-corrected chi connectivity index (χ0v) is 20.5. The number of likely N-dealkylation sites (N-methyl/N-ethyl adjacent to an activating group) is 1. The lowest BCUT2D eigenvalue weighted by Gasteiger charge is -2.51. The Morgan fingerprint density at radius 3 is 2.89 bits per heavy atom. The number of amides is 2. The first-order chi connectivity index (χ1) is 17.5. The Balaban J connectivity index is 1.26. The number of nitrogens with zero attached hydrogens (tertiary/aromatic N) is 2. The van der Waals surface area contributed by atoms with Gasteiger partial charge >= 0.3 is 6.09 Å². The third-order valence-electron chi connectivity index (χ3n) is 8.92. The Labute approximate surface area is 209 Å². The summed E-state index contributed by atoms with van der Waals surface area (Å²) >= 11 is 0. The minimum atomic E-state index is -0.645. The van der Waals surface area contributed by atoms with Crippen LogP contribution < -0.4 is 9.47 Å². The zero-order chi connectivity index (χ0) is 24.6. The van der Waals surface area contributed by atoms with Crippen molar-refractivity contribution in [2.45, 2.75) is 61.8 Å². The average molecular weight is 491 g/mol. The first-order valence-electron chi connectivity index (χ1n) is 12.8. The van der Waals surface area contributed by atoms with Crippen LogP contribution in [0.3, 0.4) is 0 Å². The molecule has 8 nitrogen and oxygen atoms in total. The Hall–Kier alpha value is -3.42. The maximum absolute atomic E-state index is 13.2. The van der Waals surface area contributed by atoms with Crippen LogP contribution in [0, 0.1) is 5.92 Å². The number of hydrogen-bond acceptors (Lipinski definition) is 6. The van der Waals surface area contributed by atoms with Crippen molar-refractivity contribution >= 4 is 18.1 Å². The summed E-state index contributed by atoms with van der Waals surface area (Å²) in [5.41, 5.74) is 2.47. The normalized spacial score (nSPS) is 31.6. The molecule has 2 amide bonds. The highest BCUT2D eigenvalue weighted by Crippen LogP contribution is 2.62. The van der Waals surface area contributed by atoms with E-state index in [1.165, 1.54) is 18.4 Å². The summed E-state index contributed by atoms with van der Waals surface area (Å²) in [6, 6.07) is 5.69. The molecule has 2 saturated carbocycles. The Morgan fingerprint density at radius 2 is 2.14 bits per heavy atom. The fourth-order valence-corrected chi connectivity index (χ4v) is 6.98. The molecule has 3 heterocycles. The van der Waals surface area contributed by atoms with Crippen LogP contribution in [-0.4, -0.2) is 66.3 Å². The number of benzene rings is 1. The lowest BCUT2D eigenvalue weighted by Crippen LogP contribution is -2.63. The van der Waals surface area contributed by atoms with Crippen LogP contribution in [0.1, 0.15) is 48.3 Å². The van der Waals surface area contributed by atoms with Crippen LogP contribution in [0.2, 0.25) is 0 Å². The molecule has 1 aromatic heterocycles. The highest BCUT2D eigenvalue weighted by molar-refractivity contribution is 5.92.